The topological polar surface area (TPSA) is 46.3 Å². The normalized spacial score (nSPS) is 31.2. The Morgan fingerprint density at radius 3 is 2.62 bits per heavy atom. The van der Waals surface area contributed by atoms with E-state index in [2.05, 4.69) is 0 Å². The first-order chi connectivity index (χ1) is 9.86. The Morgan fingerprint density at radius 1 is 1.19 bits per heavy atom. The molecule has 122 valence electrons. The van der Waals surface area contributed by atoms with Crippen LogP contribution in [-0.2, 0) is 4.79 Å². The maximum Gasteiger partial charge on any atom is 0.393 e. The van der Waals surface area contributed by atoms with E-state index in [0.717, 1.165) is 32.1 Å². The Hall–Kier alpha value is -0.780. The van der Waals surface area contributed by atoms with Gasteiger partial charge in [0, 0.05) is 25.6 Å². The van der Waals surface area contributed by atoms with Gasteiger partial charge in [-0.1, -0.05) is 12.8 Å². The van der Waals surface area contributed by atoms with Gasteiger partial charge in [0.15, 0.2) is 0 Å². The van der Waals surface area contributed by atoms with E-state index >= 15 is 0 Å². The van der Waals surface area contributed by atoms with Gasteiger partial charge in [-0.2, -0.15) is 13.2 Å². The number of halogens is 3. The fraction of sp³-hybridized carbons (Fsp3) is 0.933. The Morgan fingerprint density at radius 2 is 1.95 bits per heavy atom. The highest BCUT2D eigenvalue weighted by Gasteiger charge is 2.42. The number of hydrogen-bond donors (Lipinski definition) is 1. The quantitative estimate of drug-likeness (QED) is 0.871. The molecule has 2 aliphatic rings. The van der Waals surface area contributed by atoms with E-state index in [1.165, 1.54) is 4.90 Å². The van der Waals surface area contributed by atoms with Crippen LogP contribution in [0.15, 0.2) is 0 Å². The smallest absolute Gasteiger partial charge is 0.342 e. The summed E-state index contributed by atoms with van der Waals surface area (Å²) in [6, 6.07) is 0.225. The number of nitrogens with zero attached hydrogens (tertiary/aromatic N) is 1. The number of nitrogens with two attached hydrogens (primary N) is 1. The van der Waals surface area contributed by atoms with Crippen LogP contribution < -0.4 is 5.73 Å². The Bertz CT molecular complexity index is 359. The van der Waals surface area contributed by atoms with Gasteiger partial charge >= 0.3 is 6.18 Å². The molecule has 3 unspecified atom stereocenters. The van der Waals surface area contributed by atoms with Crippen LogP contribution in [0.4, 0.5) is 13.2 Å². The summed E-state index contributed by atoms with van der Waals surface area (Å²) >= 11 is 0. The summed E-state index contributed by atoms with van der Waals surface area (Å²) in [6.45, 7) is 0.308. The molecule has 1 aliphatic carbocycles. The molecule has 1 saturated heterocycles. The van der Waals surface area contributed by atoms with Crippen LogP contribution in [0.2, 0.25) is 0 Å². The molecule has 0 radical (unpaired) electrons. The molecular formula is C15H25F3N2O. The first kappa shape index (κ1) is 16.6. The van der Waals surface area contributed by atoms with Crippen molar-refractivity contribution in [1.29, 1.82) is 0 Å². The van der Waals surface area contributed by atoms with Gasteiger partial charge in [0.2, 0.25) is 5.91 Å². The number of hydrogen-bond acceptors (Lipinski definition) is 2. The molecule has 0 bridgehead atoms. The monoisotopic (exact) mass is 306 g/mol. The summed E-state index contributed by atoms with van der Waals surface area (Å²) < 4.78 is 38.2. The molecule has 2 N–H and O–H groups in total. The van der Waals surface area contributed by atoms with Gasteiger partial charge in [-0.25, -0.2) is 0 Å². The summed E-state index contributed by atoms with van der Waals surface area (Å²) in [5.74, 6) is -1.01. The van der Waals surface area contributed by atoms with Crippen LogP contribution in [0.5, 0.6) is 0 Å². The van der Waals surface area contributed by atoms with Gasteiger partial charge in [0.05, 0.1) is 5.92 Å². The van der Waals surface area contributed by atoms with E-state index in [1.54, 1.807) is 0 Å². The molecule has 0 aromatic carbocycles. The van der Waals surface area contributed by atoms with Crippen molar-refractivity contribution in [2.75, 3.05) is 13.1 Å². The van der Waals surface area contributed by atoms with Crippen LogP contribution in [0.1, 0.15) is 51.4 Å². The fourth-order valence-electron chi connectivity index (χ4n) is 3.55. The van der Waals surface area contributed by atoms with Crippen LogP contribution in [-0.4, -0.2) is 36.1 Å². The van der Waals surface area contributed by atoms with Crippen molar-refractivity contribution in [2.24, 2.45) is 17.6 Å². The number of likely N-dealkylation sites (tertiary alicyclic amines) is 1. The molecule has 1 heterocycles. The number of rotatable bonds is 3. The van der Waals surface area contributed by atoms with Crippen molar-refractivity contribution in [2.45, 2.75) is 63.6 Å². The molecule has 2 rings (SSSR count). The van der Waals surface area contributed by atoms with Crippen molar-refractivity contribution in [1.82, 2.24) is 4.90 Å². The summed E-state index contributed by atoms with van der Waals surface area (Å²) in [5, 5.41) is 0. The highest BCUT2D eigenvalue weighted by atomic mass is 19.4. The molecular weight excluding hydrogens is 281 g/mol. The van der Waals surface area contributed by atoms with Gasteiger partial charge in [-0.05, 0) is 38.0 Å². The molecule has 2 fully saturated rings. The lowest BCUT2D eigenvalue weighted by Gasteiger charge is -2.34. The lowest BCUT2D eigenvalue weighted by Crippen LogP contribution is -2.44. The fourth-order valence-corrected chi connectivity index (χ4v) is 3.55. The second-order valence-corrected chi connectivity index (χ2v) is 6.55. The molecule has 1 saturated carbocycles. The largest absolute Gasteiger partial charge is 0.393 e. The van der Waals surface area contributed by atoms with Crippen molar-refractivity contribution in [3.63, 3.8) is 0 Å². The third-order valence-corrected chi connectivity index (χ3v) is 4.83. The van der Waals surface area contributed by atoms with Crippen LogP contribution in [0.25, 0.3) is 0 Å². The summed E-state index contributed by atoms with van der Waals surface area (Å²) in [5.41, 5.74) is 5.92. The highest BCUT2D eigenvalue weighted by molar-refractivity contribution is 5.76. The minimum Gasteiger partial charge on any atom is -0.342 e. The highest BCUT2D eigenvalue weighted by Crippen LogP contribution is 2.33. The molecule has 3 atom stereocenters. The maximum absolute atomic E-state index is 12.7. The van der Waals surface area contributed by atoms with E-state index < -0.39 is 12.1 Å². The molecule has 6 heteroatoms. The number of amides is 1. The van der Waals surface area contributed by atoms with Gasteiger partial charge in [-0.15, -0.1) is 0 Å². The van der Waals surface area contributed by atoms with Crippen molar-refractivity contribution in [3.8, 4) is 0 Å². The molecule has 1 aliphatic heterocycles. The number of alkyl halides is 3. The Labute approximate surface area is 124 Å². The average molecular weight is 306 g/mol. The zero-order valence-corrected chi connectivity index (χ0v) is 12.4. The van der Waals surface area contributed by atoms with Crippen molar-refractivity contribution >= 4 is 5.91 Å². The predicted octanol–water partition coefficient (Wildman–Crippen LogP) is 3.09. The second kappa shape index (κ2) is 6.99. The Balaban J connectivity index is 1.77. The molecule has 21 heavy (non-hydrogen) atoms. The van der Waals surface area contributed by atoms with E-state index in [0.29, 0.717) is 25.3 Å². The van der Waals surface area contributed by atoms with Crippen LogP contribution >= 0.6 is 0 Å². The van der Waals surface area contributed by atoms with Gasteiger partial charge in [-0.3, -0.25) is 4.79 Å². The van der Waals surface area contributed by atoms with Crippen LogP contribution in [0, 0.1) is 11.8 Å². The average Bonchev–Trinajstić information content (AvgIpc) is 2.44. The minimum absolute atomic E-state index is 0.122. The maximum atomic E-state index is 12.7. The lowest BCUT2D eigenvalue weighted by atomic mass is 9.83. The molecule has 0 aromatic rings. The number of piperidine rings is 1. The SMILES string of the molecule is NC1CCCC(CCC(=O)N2CCCC(C(F)(F)F)C2)C1. The van der Waals surface area contributed by atoms with Crippen molar-refractivity contribution < 1.29 is 18.0 Å². The van der Waals surface area contributed by atoms with E-state index in [9.17, 15) is 18.0 Å². The lowest BCUT2D eigenvalue weighted by molar-refractivity contribution is -0.188. The van der Waals surface area contributed by atoms with Gasteiger partial charge in [0.1, 0.15) is 0 Å². The zero-order chi connectivity index (χ0) is 15.5. The minimum atomic E-state index is -4.19. The first-order valence-electron chi connectivity index (χ1n) is 7.96. The van der Waals surface area contributed by atoms with E-state index in [1.807, 2.05) is 0 Å². The third-order valence-electron chi connectivity index (χ3n) is 4.83. The van der Waals surface area contributed by atoms with E-state index in [4.69, 9.17) is 5.73 Å². The molecule has 1 amide bonds. The summed E-state index contributed by atoms with van der Waals surface area (Å²) in [4.78, 5) is 13.5. The molecule has 0 spiro atoms. The third kappa shape index (κ3) is 4.87. The number of carbonyl (C=O) groups is 1. The zero-order valence-electron chi connectivity index (χ0n) is 12.4. The first-order valence-corrected chi connectivity index (χ1v) is 7.96. The summed E-state index contributed by atoms with van der Waals surface area (Å²) in [7, 11) is 0. The summed E-state index contributed by atoms with van der Waals surface area (Å²) in [6.07, 6.45) is 1.71. The molecule has 0 aromatic heterocycles. The molecule has 3 nitrogen and oxygen atoms in total. The number of carbonyl (C=O) groups excluding carboxylic acids is 1. The predicted molar refractivity (Wildman–Crippen MR) is 74.5 cm³/mol. The Kier molecular flexibility index (Phi) is 5.52. The van der Waals surface area contributed by atoms with Crippen molar-refractivity contribution in [3.05, 3.63) is 0 Å². The standard InChI is InChI=1S/C15H25F3N2O/c16-15(17,18)12-4-2-8-20(10-12)14(21)7-6-11-3-1-5-13(19)9-11/h11-13H,1-10,19H2. The second-order valence-electron chi connectivity index (χ2n) is 6.55. The van der Waals surface area contributed by atoms with E-state index in [-0.39, 0.29) is 24.9 Å². The van der Waals surface area contributed by atoms with Crippen LogP contribution in [0.3, 0.4) is 0 Å². The van der Waals surface area contributed by atoms with Gasteiger partial charge in [0.25, 0.3) is 0 Å². The van der Waals surface area contributed by atoms with Gasteiger partial charge < -0.3 is 10.6 Å².